The van der Waals surface area contributed by atoms with Gasteiger partial charge in [-0.3, -0.25) is 4.90 Å². The van der Waals surface area contributed by atoms with Crippen molar-refractivity contribution in [1.29, 1.82) is 0 Å². The maximum atomic E-state index is 6.58. The van der Waals surface area contributed by atoms with Gasteiger partial charge in [0.1, 0.15) is 0 Å². The second-order valence-electron chi connectivity index (χ2n) is 7.38. The monoisotopic (exact) mass is 280 g/mol. The van der Waals surface area contributed by atoms with Crippen LogP contribution in [0.25, 0.3) is 0 Å². The second-order valence-corrected chi connectivity index (χ2v) is 7.38. The number of hydrogen-bond donors (Lipinski definition) is 1. The van der Waals surface area contributed by atoms with Crippen molar-refractivity contribution in [3.8, 4) is 0 Å². The SMILES string of the molecule is CC(C1CC1)N(C)C1CCCCCCCCCCC1N. The first-order chi connectivity index (χ1) is 9.70. The zero-order valence-electron chi connectivity index (χ0n) is 13.8. The summed E-state index contributed by atoms with van der Waals surface area (Å²) in [5, 5.41) is 0. The van der Waals surface area contributed by atoms with E-state index in [0.29, 0.717) is 12.1 Å². The first-order valence-electron chi connectivity index (χ1n) is 9.17. The molecule has 0 amide bonds. The molecule has 2 aliphatic rings. The van der Waals surface area contributed by atoms with Crippen molar-refractivity contribution < 1.29 is 0 Å². The average molecular weight is 280 g/mol. The van der Waals surface area contributed by atoms with Gasteiger partial charge in [0.15, 0.2) is 0 Å². The van der Waals surface area contributed by atoms with Crippen LogP contribution in [0.4, 0.5) is 0 Å². The highest BCUT2D eigenvalue weighted by Crippen LogP contribution is 2.36. The van der Waals surface area contributed by atoms with Crippen LogP contribution in [0, 0.1) is 5.92 Å². The summed E-state index contributed by atoms with van der Waals surface area (Å²) in [4.78, 5) is 2.63. The molecule has 0 spiro atoms. The third-order valence-corrected chi connectivity index (χ3v) is 5.75. The van der Waals surface area contributed by atoms with Crippen molar-refractivity contribution in [3.63, 3.8) is 0 Å². The summed E-state index contributed by atoms with van der Waals surface area (Å²) in [6.07, 6.45) is 16.7. The van der Waals surface area contributed by atoms with Crippen LogP contribution in [0.1, 0.15) is 84.0 Å². The molecule has 0 radical (unpaired) electrons. The molecule has 3 unspecified atom stereocenters. The Kier molecular flexibility index (Phi) is 6.83. The summed E-state index contributed by atoms with van der Waals surface area (Å²) in [7, 11) is 2.33. The van der Waals surface area contributed by atoms with Gasteiger partial charge >= 0.3 is 0 Å². The van der Waals surface area contributed by atoms with Gasteiger partial charge in [-0.1, -0.05) is 51.4 Å². The molecule has 118 valence electrons. The molecule has 0 aliphatic heterocycles. The van der Waals surface area contributed by atoms with Gasteiger partial charge in [0, 0.05) is 18.1 Å². The van der Waals surface area contributed by atoms with Crippen molar-refractivity contribution >= 4 is 0 Å². The predicted octanol–water partition coefficient (Wildman–Crippen LogP) is 4.33. The van der Waals surface area contributed by atoms with Crippen molar-refractivity contribution in [2.75, 3.05) is 7.05 Å². The van der Waals surface area contributed by atoms with E-state index in [4.69, 9.17) is 5.73 Å². The van der Waals surface area contributed by atoms with E-state index in [9.17, 15) is 0 Å². The first kappa shape index (κ1) is 16.3. The summed E-state index contributed by atoms with van der Waals surface area (Å²) in [6.45, 7) is 2.42. The summed E-state index contributed by atoms with van der Waals surface area (Å²) in [5.41, 5.74) is 6.58. The zero-order chi connectivity index (χ0) is 14.4. The van der Waals surface area contributed by atoms with Crippen molar-refractivity contribution in [3.05, 3.63) is 0 Å². The number of nitrogens with zero attached hydrogens (tertiary/aromatic N) is 1. The van der Waals surface area contributed by atoms with Gasteiger partial charge in [-0.15, -0.1) is 0 Å². The summed E-state index contributed by atoms with van der Waals surface area (Å²) >= 11 is 0. The Morgan fingerprint density at radius 3 is 1.85 bits per heavy atom. The Balaban J connectivity index is 1.89. The molecule has 2 aliphatic carbocycles. The van der Waals surface area contributed by atoms with Crippen LogP contribution < -0.4 is 5.73 Å². The molecule has 2 heteroatoms. The van der Waals surface area contributed by atoms with E-state index in [0.717, 1.165) is 12.0 Å². The van der Waals surface area contributed by atoms with Crippen LogP contribution in [0.3, 0.4) is 0 Å². The van der Waals surface area contributed by atoms with E-state index in [-0.39, 0.29) is 0 Å². The molecule has 0 bridgehead atoms. The molecule has 3 atom stereocenters. The smallest absolute Gasteiger partial charge is 0.0247 e. The molecule has 2 rings (SSSR count). The van der Waals surface area contributed by atoms with Gasteiger partial charge in [0.2, 0.25) is 0 Å². The summed E-state index contributed by atoms with van der Waals surface area (Å²) < 4.78 is 0. The minimum absolute atomic E-state index is 0.389. The number of rotatable bonds is 3. The van der Waals surface area contributed by atoms with Crippen LogP contribution in [0.15, 0.2) is 0 Å². The molecular formula is C18H36N2. The first-order valence-corrected chi connectivity index (χ1v) is 9.17. The van der Waals surface area contributed by atoms with Gasteiger partial charge in [-0.05, 0) is 45.6 Å². The quantitative estimate of drug-likeness (QED) is 0.834. The van der Waals surface area contributed by atoms with Crippen molar-refractivity contribution in [1.82, 2.24) is 4.90 Å². The number of likely N-dealkylation sites (N-methyl/N-ethyl adjacent to an activating group) is 1. The third-order valence-electron chi connectivity index (χ3n) is 5.75. The predicted molar refractivity (Wildman–Crippen MR) is 87.9 cm³/mol. The van der Waals surface area contributed by atoms with E-state index in [1.807, 2.05) is 0 Å². The van der Waals surface area contributed by atoms with E-state index < -0.39 is 0 Å². The Hall–Kier alpha value is -0.0800. The van der Waals surface area contributed by atoms with Crippen LogP contribution in [-0.2, 0) is 0 Å². The highest BCUT2D eigenvalue weighted by molar-refractivity contribution is 4.90. The fourth-order valence-corrected chi connectivity index (χ4v) is 3.92. The lowest BCUT2D eigenvalue weighted by molar-refractivity contribution is 0.130. The highest BCUT2D eigenvalue weighted by Gasteiger charge is 2.34. The fraction of sp³-hybridized carbons (Fsp3) is 1.00. The third kappa shape index (κ3) is 5.04. The molecule has 0 saturated heterocycles. The lowest BCUT2D eigenvalue weighted by Crippen LogP contribution is -2.50. The molecule has 0 aromatic rings. The molecule has 2 saturated carbocycles. The summed E-state index contributed by atoms with van der Waals surface area (Å²) in [6, 6.07) is 1.74. The maximum absolute atomic E-state index is 6.58. The number of nitrogens with two attached hydrogens (primary N) is 1. The number of hydrogen-bond acceptors (Lipinski definition) is 2. The van der Waals surface area contributed by atoms with E-state index in [1.165, 1.54) is 77.0 Å². The van der Waals surface area contributed by atoms with Crippen molar-refractivity contribution in [2.24, 2.45) is 11.7 Å². The van der Waals surface area contributed by atoms with Gasteiger partial charge in [0.05, 0.1) is 0 Å². The minimum Gasteiger partial charge on any atom is -0.326 e. The van der Waals surface area contributed by atoms with Gasteiger partial charge in [0.25, 0.3) is 0 Å². The minimum atomic E-state index is 0.389. The van der Waals surface area contributed by atoms with E-state index in [1.54, 1.807) is 0 Å². The molecular weight excluding hydrogens is 244 g/mol. The fourth-order valence-electron chi connectivity index (χ4n) is 3.92. The molecule has 0 heterocycles. The van der Waals surface area contributed by atoms with Crippen LogP contribution >= 0.6 is 0 Å². The van der Waals surface area contributed by atoms with Crippen LogP contribution in [0.2, 0.25) is 0 Å². The second kappa shape index (κ2) is 8.38. The van der Waals surface area contributed by atoms with Gasteiger partial charge in [-0.25, -0.2) is 0 Å². The van der Waals surface area contributed by atoms with Gasteiger partial charge in [-0.2, -0.15) is 0 Å². The Morgan fingerprint density at radius 1 is 0.800 bits per heavy atom. The lowest BCUT2D eigenvalue weighted by atomic mass is 9.92. The topological polar surface area (TPSA) is 29.3 Å². The normalized spacial score (nSPS) is 32.4. The van der Waals surface area contributed by atoms with Crippen LogP contribution in [-0.4, -0.2) is 30.1 Å². The average Bonchev–Trinajstić information content (AvgIpc) is 3.26. The maximum Gasteiger partial charge on any atom is 0.0247 e. The highest BCUT2D eigenvalue weighted by atomic mass is 15.2. The molecule has 2 nitrogen and oxygen atoms in total. The van der Waals surface area contributed by atoms with Crippen LogP contribution in [0.5, 0.6) is 0 Å². The molecule has 0 aromatic heterocycles. The van der Waals surface area contributed by atoms with E-state index in [2.05, 4.69) is 18.9 Å². The summed E-state index contributed by atoms with van der Waals surface area (Å²) in [5.74, 6) is 0.952. The Bertz CT molecular complexity index is 262. The zero-order valence-corrected chi connectivity index (χ0v) is 13.8. The van der Waals surface area contributed by atoms with Gasteiger partial charge < -0.3 is 5.73 Å². The molecule has 2 fully saturated rings. The van der Waals surface area contributed by atoms with E-state index >= 15 is 0 Å². The van der Waals surface area contributed by atoms with Crippen molar-refractivity contribution in [2.45, 2.75) is 102 Å². The Morgan fingerprint density at radius 2 is 1.30 bits per heavy atom. The Labute approximate surface area is 126 Å². The molecule has 20 heavy (non-hydrogen) atoms. The largest absolute Gasteiger partial charge is 0.326 e. The molecule has 2 N–H and O–H groups in total. The standard InChI is InChI=1S/C18H36N2/c1-15(16-13-14-16)20(2)18-12-10-8-6-4-3-5-7-9-11-17(18)19/h15-18H,3-14,19H2,1-2H3. The molecule has 0 aromatic carbocycles. The lowest BCUT2D eigenvalue weighted by Gasteiger charge is -2.37.